The lowest BCUT2D eigenvalue weighted by Crippen LogP contribution is -2.47. The van der Waals surface area contributed by atoms with E-state index in [0.29, 0.717) is 22.3 Å². The maximum Gasteiger partial charge on any atom is 0.307 e. The molecule has 5 nitrogen and oxygen atoms in total. The van der Waals surface area contributed by atoms with E-state index < -0.39 is 21.9 Å². The average Bonchev–Trinajstić information content (AvgIpc) is 2.38. The molecule has 0 bridgehead atoms. The molecule has 0 saturated carbocycles. The number of piperidine rings is 1. The van der Waals surface area contributed by atoms with Crippen LogP contribution in [-0.2, 0) is 14.8 Å². The molecule has 2 rings (SSSR count). The minimum Gasteiger partial charge on any atom is -0.481 e. The normalized spacial score (nSPS) is 24.0. The minimum atomic E-state index is -3.76. The van der Waals surface area contributed by atoms with Crippen molar-refractivity contribution in [3.63, 3.8) is 0 Å². The smallest absolute Gasteiger partial charge is 0.307 e. The summed E-state index contributed by atoms with van der Waals surface area (Å²) in [6, 6.07) is 4.21. The summed E-state index contributed by atoms with van der Waals surface area (Å²) in [5.74, 6) is -1.63. The van der Waals surface area contributed by atoms with Gasteiger partial charge in [0.15, 0.2) is 0 Å². The fourth-order valence-electron chi connectivity index (χ4n) is 2.42. The Labute approximate surface area is 137 Å². The number of hydrogen-bond donors (Lipinski definition) is 1. The Morgan fingerprint density at radius 2 is 2.10 bits per heavy atom. The van der Waals surface area contributed by atoms with Crippen molar-refractivity contribution in [1.82, 2.24) is 4.31 Å². The molecule has 1 heterocycles. The molecule has 1 saturated heterocycles. The first kappa shape index (κ1) is 16.7. The van der Waals surface area contributed by atoms with Gasteiger partial charge in [0, 0.05) is 22.1 Å². The van der Waals surface area contributed by atoms with Gasteiger partial charge >= 0.3 is 5.97 Å². The molecule has 1 aliphatic rings. The maximum absolute atomic E-state index is 12.8. The third kappa shape index (κ3) is 3.41. The highest BCUT2D eigenvalue weighted by molar-refractivity contribution is 9.10. The Balaban J connectivity index is 2.39. The van der Waals surface area contributed by atoms with Crippen LogP contribution in [-0.4, -0.2) is 36.4 Å². The van der Waals surface area contributed by atoms with Crippen molar-refractivity contribution in [2.24, 2.45) is 5.92 Å². The Morgan fingerprint density at radius 3 is 2.67 bits per heavy atom. The van der Waals surface area contributed by atoms with Crippen molar-refractivity contribution in [1.29, 1.82) is 0 Å². The second-order valence-corrected chi connectivity index (χ2v) is 8.26. The zero-order chi connectivity index (χ0) is 15.8. The van der Waals surface area contributed by atoms with Gasteiger partial charge in [-0.25, -0.2) is 8.42 Å². The van der Waals surface area contributed by atoms with Crippen LogP contribution >= 0.6 is 27.5 Å². The third-order valence-electron chi connectivity index (χ3n) is 3.65. The summed E-state index contributed by atoms with van der Waals surface area (Å²) in [6.07, 6.45) is 1.02. The standard InChI is InChI=1S/C13H15BrClNO4S/c1-8-2-3-9(13(17)18)7-16(8)21(19,20)12-5-4-10(15)6-11(12)14/h4-6,8-9H,2-3,7H2,1H3,(H,17,18). The summed E-state index contributed by atoms with van der Waals surface area (Å²) in [7, 11) is -3.76. The summed E-state index contributed by atoms with van der Waals surface area (Å²) in [5, 5.41) is 9.55. The van der Waals surface area contributed by atoms with E-state index in [0.717, 1.165) is 0 Å². The molecule has 0 aromatic heterocycles. The van der Waals surface area contributed by atoms with Crippen molar-refractivity contribution in [2.75, 3.05) is 6.54 Å². The van der Waals surface area contributed by atoms with Crippen LogP contribution < -0.4 is 0 Å². The first-order valence-corrected chi connectivity index (χ1v) is 9.04. The number of carbonyl (C=O) groups is 1. The Hall–Kier alpha value is -0.630. The number of carboxylic acid groups (broad SMARTS) is 1. The van der Waals surface area contributed by atoms with Gasteiger partial charge < -0.3 is 5.11 Å². The molecule has 8 heteroatoms. The molecule has 2 unspecified atom stereocenters. The molecule has 0 radical (unpaired) electrons. The van der Waals surface area contributed by atoms with E-state index in [-0.39, 0.29) is 17.5 Å². The molecule has 0 amide bonds. The van der Waals surface area contributed by atoms with E-state index in [9.17, 15) is 13.2 Å². The number of hydrogen-bond acceptors (Lipinski definition) is 3. The molecule has 1 aromatic carbocycles. The average molecular weight is 397 g/mol. The van der Waals surface area contributed by atoms with E-state index in [4.69, 9.17) is 16.7 Å². The Kier molecular flexibility index (Phi) is 4.97. The summed E-state index contributed by atoms with van der Waals surface area (Å²) in [5.41, 5.74) is 0. The molecule has 1 N–H and O–H groups in total. The first-order valence-electron chi connectivity index (χ1n) is 6.43. The number of benzene rings is 1. The lowest BCUT2D eigenvalue weighted by atomic mass is 9.96. The van der Waals surface area contributed by atoms with Gasteiger partial charge in [0.05, 0.1) is 10.8 Å². The monoisotopic (exact) mass is 395 g/mol. The summed E-state index contributed by atoms with van der Waals surface area (Å²) < 4.78 is 27.2. The summed E-state index contributed by atoms with van der Waals surface area (Å²) >= 11 is 9.04. The molecule has 0 spiro atoms. The second-order valence-electron chi connectivity index (χ2n) is 5.11. The summed E-state index contributed by atoms with van der Waals surface area (Å²) in [6.45, 7) is 1.79. The van der Waals surface area contributed by atoms with Crippen LogP contribution in [0, 0.1) is 5.92 Å². The van der Waals surface area contributed by atoms with Crippen molar-refractivity contribution < 1.29 is 18.3 Å². The molecule has 2 atom stereocenters. The SMILES string of the molecule is CC1CCC(C(=O)O)CN1S(=O)(=O)c1ccc(Cl)cc1Br. The first-order chi connectivity index (χ1) is 9.73. The highest BCUT2D eigenvalue weighted by Gasteiger charge is 2.38. The number of nitrogens with zero attached hydrogens (tertiary/aromatic N) is 1. The molecular weight excluding hydrogens is 382 g/mol. The molecular formula is C13H15BrClNO4S. The summed E-state index contributed by atoms with van der Waals surface area (Å²) in [4.78, 5) is 11.2. The van der Waals surface area contributed by atoms with Crippen LogP contribution in [0.25, 0.3) is 0 Å². The molecule has 21 heavy (non-hydrogen) atoms. The lowest BCUT2D eigenvalue weighted by Gasteiger charge is -2.35. The van der Waals surface area contributed by atoms with Gasteiger partial charge in [-0.2, -0.15) is 4.31 Å². The quantitative estimate of drug-likeness (QED) is 0.852. The third-order valence-corrected chi connectivity index (χ3v) is 6.85. The van der Waals surface area contributed by atoms with Crippen LogP contribution in [0.5, 0.6) is 0 Å². The number of carboxylic acids is 1. The Bertz CT molecular complexity index is 664. The van der Waals surface area contributed by atoms with Crippen LogP contribution in [0.15, 0.2) is 27.6 Å². The van der Waals surface area contributed by atoms with Gasteiger partial charge in [0.25, 0.3) is 0 Å². The van der Waals surface area contributed by atoms with Crippen molar-refractivity contribution in [3.8, 4) is 0 Å². The van der Waals surface area contributed by atoms with E-state index >= 15 is 0 Å². The van der Waals surface area contributed by atoms with Crippen molar-refractivity contribution >= 4 is 43.5 Å². The number of rotatable bonds is 3. The molecule has 0 aliphatic carbocycles. The maximum atomic E-state index is 12.8. The lowest BCUT2D eigenvalue weighted by molar-refractivity contribution is -0.143. The van der Waals surface area contributed by atoms with E-state index in [1.165, 1.54) is 22.5 Å². The van der Waals surface area contributed by atoms with Crippen LogP contribution in [0.4, 0.5) is 0 Å². The van der Waals surface area contributed by atoms with Gasteiger partial charge in [-0.3, -0.25) is 4.79 Å². The van der Waals surface area contributed by atoms with Gasteiger partial charge in [0.1, 0.15) is 0 Å². The zero-order valence-corrected chi connectivity index (χ0v) is 14.4. The zero-order valence-electron chi connectivity index (χ0n) is 11.3. The van der Waals surface area contributed by atoms with Crippen LogP contribution in [0.1, 0.15) is 19.8 Å². The van der Waals surface area contributed by atoms with Crippen LogP contribution in [0.2, 0.25) is 5.02 Å². The molecule has 1 aromatic rings. The van der Waals surface area contributed by atoms with Crippen molar-refractivity contribution in [3.05, 3.63) is 27.7 Å². The van der Waals surface area contributed by atoms with E-state index in [1.54, 1.807) is 6.92 Å². The van der Waals surface area contributed by atoms with Gasteiger partial charge in [-0.05, 0) is 53.9 Å². The molecule has 1 aliphatic heterocycles. The molecule has 116 valence electrons. The fraction of sp³-hybridized carbons (Fsp3) is 0.462. The van der Waals surface area contributed by atoms with Crippen LogP contribution in [0.3, 0.4) is 0 Å². The predicted molar refractivity (Wildman–Crippen MR) is 82.9 cm³/mol. The van der Waals surface area contributed by atoms with Crippen molar-refractivity contribution in [2.45, 2.75) is 30.7 Å². The number of aliphatic carboxylic acids is 1. The van der Waals surface area contributed by atoms with Gasteiger partial charge in [-0.15, -0.1) is 0 Å². The van der Waals surface area contributed by atoms with E-state index in [2.05, 4.69) is 15.9 Å². The number of sulfonamides is 1. The predicted octanol–water partition coefficient (Wildman–Crippen LogP) is 2.98. The van der Waals surface area contributed by atoms with Gasteiger partial charge in [-0.1, -0.05) is 11.6 Å². The highest BCUT2D eigenvalue weighted by Crippen LogP contribution is 2.32. The number of halogens is 2. The Morgan fingerprint density at radius 1 is 1.43 bits per heavy atom. The molecule has 1 fully saturated rings. The minimum absolute atomic E-state index is 0.00605. The highest BCUT2D eigenvalue weighted by atomic mass is 79.9. The fourth-order valence-corrected chi connectivity index (χ4v) is 5.47. The van der Waals surface area contributed by atoms with Gasteiger partial charge in [0.2, 0.25) is 10.0 Å². The topological polar surface area (TPSA) is 74.7 Å². The van der Waals surface area contributed by atoms with E-state index in [1.807, 2.05) is 0 Å². The largest absolute Gasteiger partial charge is 0.481 e. The second kappa shape index (κ2) is 6.24.